The zero-order chi connectivity index (χ0) is 17.4. The van der Waals surface area contributed by atoms with E-state index in [0.717, 1.165) is 18.2 Å². The molecule has 0 aromatic heterocycles. The summed E-state index contributed by atoms with van der Waals surface area (Å²) < 4.78 is 38.7. The van der Waals surface area contributed by atoms with Gasteiger partial charge in [-0.05, 0) is 11.6 Å². The Morgan fingerprint density at radius 3 is 2.09 bits per heavy atom. The molecule has 2 rings (SSSR count). The molecular weight excluding hydrogens is 311 g/mol. The fraction of sp³-hybridized carbons (Fsp3) is 0.333. The molecule has 2 unspecified atom stereocenters. The zero-order valence-corrected chi connectivity index (χ0v) is 11.8. The van der Waals surface area contributed by atoms with E-state index in [1.54, 1.807) is 12.1 Å². The molecule has 1 N–H and O–H groups in total. The molecule has 0 bridgehead atoms. The third-order valence-electron chi connectivity index (χ3n) is 4.04. The highest BCUT2D eigenvalue weighted by Gasteiger charge is 2.54. The van der Waals surface area contributed by atoms with Crippen molar-refractivity contribution < 1.29 is 22.8 Å². The monoisotopic (exact) mass is 321 g/mol. The third kappa shape index (κ3) is 2.53. The zero-order valence-electron chi connectivity index (χ0n) is 11.8. The van der Waals surface area contributed by atoms with Crippen LogP contribution in [0.15, 0.2) is 24.3 Å². The quantitative estimate of drug-likeness (QED) is 0.799. The van der Waals surface area contributed by atoms with Crippen LogP contribution in [0.4, 0.5) is 13.2 Å². The van der Waals surface area contributed by atoms with Crippen LogP contribution in [0.5, 0.6) is 0 Å². The van der Waals surface area contributed by atoms with Crippen LogP contribution in [-0.4, -0.2) is 11.8 Å². The van der Waals surface area contributed by atoms with Gasteiger partial charge in [0, 0.05) is 5.41 Å². The Balaban J connectivity index is 2.69. The van der Waals surface area contributed by atoms with Gasteiger partial charge in [-0.1, -0.05) is 25.1 Å². The van der Waals surface area contributed by atoms with Gasteiger partial charge in [0.05, 0.1) is 17.7 Å². The maximum Gasteiger partial charge on any atom is 0.416 e. The van der Waals surface area contributed by atoms with E-state index in [1.807, 2.05) is 5.32 Å². The fourth-order valence-electron chi connectivity index (χ4n) is 2.73. The van der Waals surface area contributed by atoms with Crippen LogP contribution in [0.2, 0.25) is 0 Å². The van der Waals surface area contributed by atoms with E-state index >= 15 is 0 Å². The number of amides is 2. The Morgan fingerprint density at radius 1 is 1.13 bits per heavy atom. The minimum atomic E-state index is -4.63. The average molecular weight is 321 g/mol. The smallest absolute Gasteiger partial charge is 0.294 e. The molecule has 0 spiro atoms. The first-order chi connectivity index (χ1) is 10.7. The standard InChI is InChI=1S/C15H10F3N3O2/c1-14(8-3-2-4-9(5-8)15(16,17)18)10(6-19)12(22)21-13(23)11(14)7-20/h2-5,10-11H,1H3,(H,21,22,23). The Morgan fingerprint density at radius 2 is 1.65 bits per heavy atom. The van der Waals surface area contributed by atoms with Gasteiger partial charge in [0.2, 0.25) is 11.8 Å². The number of nitrogens with zero attached hydrogens (tertiary/aromatic N) is 2. The Bertz CT molecular complexity index is 726. The van der Waals surface area contributed by atoms with Crippen LogP contribution >= 0.6 is 0 Å². The second-order valence-electron chi connectivity index (χ2n) is 5.34. The molecule has 0 radical (unpaired) electrons. The molecule has 118 valence electrons. The normalized spacial score (nSPS) is 27.7. The number of carbonyl (C=O) groups is 2. The first-order valence-corrected chi connectivity index (χ1v) is 6.48. The first-order valence-electron chi connectivity index (χ1n) is 6.48. The highest BCUT2D eigenvalue weighted by atomic mass is 19.4. The second-order valence-corrected chi connectivity index (χ2v) is 5.34. The molecular formula is C15H10F3N3O2. The van der Waals surface area contributed by atoms with Gasteiger partial charge in [0.15, 0.2) is 0 Å². The number of nitrogens with one attached hydrogen (secondary N) is 1. The number of rotatable bonds is 1. The molecule has 8 heteroatoms. The lowest BCUT2D eigenvalue weighted by atomic mass is 9.62. The molecule has 1 aromatic rings. The lowest BCUT2D eigenvalue weighted by Gasteiger charge is -2.40. The Labute approximate surface area is 129 Å². The van der Waals surface area contributed by atoms with Crippen molar-refractivity contribution >= 4 is 11.8 Å². The number of hydrogen-bond acceptors (Lipinski definition) is 4. The van der Waals surface area contributed by atoms with Crippen LogP contribution in [0.3, 0.4) is 0 Å². The van der Waals surface area contributed by atoms with Gasteiger partial charge in [-0.2, -0.15) is 23.7 Å². The van der Waals surface area contributed by atoms with Crippen molar-refractivity contribution in [2.45, 2.75) is 18.5 Å². The summed E-state index contributed by atoms with van der Waals surface area (Å²) in [7, 11) is 0. The summed E-state index contributed by atoms with van der Waals surface area (Å²) in [6.45, 7) is 1.28. The molecule has 1 heterocycles. The number of carbonyl (C=O) groups excluding carboxylic acids is 2. The first kappa shape index (κ1) is 16.5. The van der Waals surface area contributed by atoms with Gasteiger partial charge in [-0.15, -0.1) is 0 Å². The molecule has 0 aliphatic carbocycles. The van der Waals surface area contributed by atoms with Crippen molar-refractivity contribution in [3.8, 4) is 12.1 Å². The van der Waals surface area contributed by atoms with Gasteiger partial charge in [-0.3, -0.25) is 14.9 Å². The predicted molar refractivity (Wildman–Crippen MR) is 70.2 cm³/mol. The number of piperidine rings is 1. The van der Waals surface area contributed by atoms with Crippen LogP contribution in [0.25, 0.3) is 0 Å². The molecule has 1 fully saturated rings. The number of nitriles is 2. The van der Waals surface area contributed by atoms with Gasteiger partial charge in [0.25, 0.3) is 0 Å². The van der Waals surface area contributed by atoms with E-state index in [-0.39, 0.29) is 5.56 Å². The molecule has 1 saturated heterocycles. The summed E-state index contributed by atoms with van der Waals surface area (Å²) in [4.78, 5) is 23.8. The van der Waals surface area contributed by atoms with E-state index in [1.165, 1.54) is 13.0 Å². The maximum absolute atomic E-state index is 12.9. The van der Waals surface area contributed by atoms with E-state index in [2.05, 4.69) is 0 Å². The summed E-state index contributed by atoms with van der Waals surface area (Å²) in [5, 5.41) is 20.4. The second kappa shape index (κ2) is 5.40. The lowest BCUT2D eigenvalue weighted by Crippen LogP contribution is -2.58. The van der Waals surface area contributed by atoms with Crippen LogP contribution < -0.4 is 5.32 Å². The van der Waals surface area contributed by atoms with Crippen molar-refractivity contribution in [3.63, 3.8) is 0 Å². The molecule has 1 aliphatic rings. The van der Waals surface area contributed by atoms with Gasteiger partial charge in [0.1, 0.15) is 11.8 Å². The largest absolute Gasteiger partial charge is 0.416 e. The van der Waals surface area contributed by atoms with E-state index in [0.29, 0.717) is 0 Å². The van der Waals surface area contributed by atoms with E-state index < -0.39 is 40.8 Å². The summed E-state index contributed by atoms with van der Waals surface area (Å²) in [6, 6.07) is 7.36. The molecule has 23 heavy (non-hydrogen) atoms. The van der Waals surface area contributed by atoms with Gasteiger partial charge in [-0.25, -0.2) is 0 Å². The van der Waals surface area contributed by atoms with Gasteiger partial charge >= 0.3 is 6.18 Å². The van der Waals surface area contributed by atoms with Crippen molar-refractivity contribution in [3.05, 3.63) is 35.4 Å². The highest BCUT2D eigenvalue weighted by molar-refractivity contribution is 6.04. The molecule has 1 aliphatic heterocycles. The lowest BCUT2D eigenvalue weighted by molar-refractivity contribution is -0.140. The van der Waals surface area contributed by atoms with Crippen molar-refractivity contribution in [1.29, 1.82) is 10.5 Å². The molecule has 1 aromatic carbocycles. The van der Waals surface area contributed by atoms with Crippen LogP contribution in [0.1, 0.15) is 18.1 Å². The third-order valence-corrected chi connectivity index (χ3v) is 4.04. The molecule has 0 saturated carbocycles. The minimum absolute atomic E-state index is 0.0615. The number of halogens is 3. The SMILES string of the molecule is CC1(c2cccc(C(F)(F)F)c2)C(C#N)C(=O)NC(=O)C1C#N. The number of alkyl halides is 3. The number of hydrogen-bond donors (Lipinski definition) is 1. The van der Waals surface area contributed by atoms with E-state index in [4.69, 9.17) is 0 Å². The van der Waals surface area contributed by atoms with Crippen LogP contribution in [-0.2, 0) is 21.2 Å². The average Bonchev–Trinajstić information content (AvgIpc) is 2.47. The molecule has 2 atom stereocenters. The topological polar surface area (TPSA) is 93.8 Å². The Kier molecular flexibility index (Phi) is 3.87. The summed E-state index contributed by atoms with van der Waals surface area (Å²) in [5.41, 5.74) is -2.72. The summed E-state index contributed by atoms with van der Waals surface area (Å²) in [6.07, 6.45) is -4.63. The highest BCUT2D eigenvalue weighted by Crippen LogP contribution is 2.43. The minimum Gasteiger partial charge on any atom is -0.294 e. The van der Waals surface area contributed by atoms with Gasteiger partial charge < -0.3 is 0 Å². The molecule has 5 nitrogen and oxygen atoms in total. The predicted octanol–water partition coefficient (Wildman–Crippen LogP) is 1.90. The summed E-state index contributed by atoms with van der Waals surface area (Å²) >= 11 is 0. The fourth-order valence-corrected chi connectivity index (χ4v) is 2.73. The number of imide groups is 1. The summed E-state index contributed by atoms with van der Waals surface area (Å²) in [5.74, 6) is -4.78. The van der Waals surface area contributed by atoms with Crippen molar-refractivity contribution in [1.82, 2.24) is 5.32 Å². The maximum atomic E-state index is 12.9. The Hall–Kier alpha value is -2.87. The number of benzene rings is 1. The van der Waals surface area contributed by atoms with Crippen molar-refractivity contribution in [2.24, 2.45) is 11.8 Å². The molecule has 2 amide bonds. The van der Waals surface area contributed by atoms with E-state index in [9.17, 15) is 33.3 Å². The van der Waals surface area contributed by atoms with Crippen LogP contribution in [0, 0.1) is 34.5 Å². The van der Waals surface area contributed by atoms with Crippen molar-refractivity contribution in [2.75, 3.05) is 0 Å².